The Bertz CT molecular complexity index is 834. The number of piperidine rings is 1. The number of carbonyl (C=O) groups is 2. The largest absolute Gasteiger partial charge is 0.341 e. The SMILES string of the molecule is CCCC(NC(=O)Nc1ccc(SC)cc1)C(=O)N1CCC(Cc2ccccc2)CC1. The van der Waals surface area contributed by atoms with Gasteiger partial charge in [0.2, 0.25) is 5.91 Å². The quantitative estimate of drug-likeness (QED) is 0.557. The Hall–Kier alpha value is -2.47. The zero-order chi connectivity index (χ0) is 22.1. The van der Waals surface area contributed by atoms with Gasteiger partial charge in [-0.15, -0.1) is 11.8 Å². The van der Waals surface area contributed by atoms with Crippen molar-refractivity contribution < 1.29 is 9.59 Å². The fourth-order valence-electron chi connectivity index (χ4n) is 4.07. The summed E-state index contributed by atoms with van der Waals surface area (Å²) in [6.07, 6.45) is 6.57. The summed E-state index contributed by atoms with van der Waals surface area (Å²) in [5, 5.41) is 5.74. The minimum Gasteiger partial charge on any atom is -0.341 e. The van der Waals surface area contributed by atoms with E-state index in [9.17, 15) is 9.59 Å². The van der Waals surface area contributed by atoms with Crippen LogP contribution in [-0.2, 0) is 11.2 Å². The first-order valence-corrected chi connectivity index (χ1v) is 12.4. The van der Waals surface area contributed by atoms with Crippen molar-refractivity contribution in [1.82, 2.24) is 10.2 Å². The van der Waals surface area contributed by atoms with Crippen molar-refractivity contribution in [2.75, 3.05) is 24.7 Å². The molecule has 1 atom stereocenters. The Labute approximate surface area is 190 Å². The maximum Gasteiger partial charge on any atom is 0.319 e. The molecule has 0 aromatic heterocycles. The van der Waals surface area contributed by atoms with E-state index in [-0.39, 0.29) is 11.9 Å². The number of benzene rings is 2. The molecule has 1 heterocycles. The van der Waals surface area contributed by atoms with E-state index in [1.807, 2.05) is 48.4 Å². The summed E-state index contributed by atoms with van der Waals surface area (Å²) in [4.78, 5) is 28.7. The lowest BCUT2D eigenvalue weighted by molar-refractivity contribution is -0.134. The van der Waals surface area contributed by atoms with Gasteiger partial charge in [-0.1, -0.05) is 43.7 Å². The van der Waals surface area contributed by atoms with E-state index in [0.29, 0.717) is 12.3 Å². The Morgan fingerprint density at radius 1 is 1.06 bits per heavy atom. The predicted octanol–water partition coefficient (Wildman–Crippen LogP) is 5.18. The lowest BCUT2D eigenvalue weighted by Crippen LogP contribution is -2.51. The van der Waals surface area contributed by atoms with Crippen LogP contribution in [0.4, 0.5) is 10.5 Å². The second-order valence-corrected chi connectivity index (χ2v) is 9.01. The molecule has 1 aliphatic rings. The molecular weight excluding hydrogens is 406 g/mol. The van der Waals surface area contributed by atoms with Crippen LogP contribution >= 0.6 is 11.8 Å². The predicted molar refractivity (Wildman–Crippen MR) is 129 cm³/mol. The fourth-order valence-corrected chi connectivity index (χ4v) is 4.48. The number of anilines is 1. The standard InChI is InChI=1S/C25H33N3O2S/c1-3-7-23(27-25(30)26-21-10-12-22(31-2)13-11-21)24(29)28-16-14-20(15-17-28)18-19-8-5-4-6-9-19/h4-6,8-13,20,23H,3,7,14-18H2,1-2H3,(H2,26,27,30). The molecule has 1 fully saturated rings. The molecule has 5 nitrogen and oxygen atoms in total. The number of hydrogen-bond acceptors (Lipinski definition) is 3. The van der Waals surface area contributed by atoms with Crippen molar-refractivity contribution in [3.8, 4) is 0 Å². The fraction of sp³-hybridized carbons (Fsp3) is 0.440. The monoisotopic (exact) mass is 439 g/mol. The van der Waals surface area contributed by atoms with Crippen LogP contribution in [0, 0.1) is 5.92 Å². The number of hydrogen-bond donors (Lipinski definition) is 2. The number of amides is 3. The third-order valence-corrected chi connectivity index (χ3v) is 6.57. The summed E-state index contributed by atoms with van der Waals surface area (Å²) in [7, 11) is 0. The zero-order valence-electron chi connectivity index (χ0n) is 18.5. The van der Waals surface area contributed by atoms with Crippen LogP contribution in [-0.4, -0.2) is 42.2 Å². The molecule has 2 N–H and O–H groups in total. The molecule has 2 aromatic carbocycles. The average molecular weight is 440 g/mol. The van der Waals surface area contributed by atoms with Gasteiger partial charge in [-0.05, 0) is 67.7 Å². The van der Waals surface area contributed by atoms with E-state index in [1.54, 1.807) is 11.8 Å². The smallest absolute Gasteiger partial charge is 0.319 e. The van der Waals surface area contributed by atoms with Crippen molar-refractivity contribution in [2.45, 2.75) is 50.0 Å². The van der Waals surface area contributed by atoms with Gasteiger partial charge in [0.25, 0.3) is 0 Å². The van der Waals surface area contributed by atoms with Gasteiger partial charge in [-0.3, -0.25) is 4.79 Å². The molecule has 0 bridgehead atoms. The molecule has 3 amide bonds. The van der Waals surface area contributed by atoms with Crippen molar-refractivity contribution >= 4 is 29.4 Å². The second kappa shape index (κ2) is 11.8. The van der Waals surface area contributed by atoms with Crippen molar-refractivity contribution in [1.29, 1.82) is 0 Å². The summed E-state index contributed by atoms with van der Waals surface area (Å²) < 4.78 is 0. The van der Waals surface area contributed by atoms with Crippen LogP contribution in [0.25, 0.3) is 0 Å². The molecule has 1 aliphatic heterocycles. The summed E-state index contributed by atoms with van der Waals surface area (Å²) in [5.74, 6) is 0.643. The summed E-state index contributed by atoms with van der Waals surface area (Å²) in [6.45, 7) is 3.55. The van der Waals surface area contributed by atoms with E-state index >= 15 is 0 Å². The number of thioether (sulfide) groups is 1. The normalized spacial score (nSPS) is 15.4. The van der Waals surface area contributed by atoms with Gasteiger partial charge < -0.3 is 15.5 Å². The highest BCUT2D eigenvalue weighted by molar-refractivity contribution is 7.98. The third kappa shape index (κ3) is 7.03. The number of nitrogens with one attached hydrogen (secondary N) is 2. The molecule has 166 valence electrons. The molecule has 2 aromatic rings. The zero-order valence-corrected chi connectivity index (χ0v) is 19.3. The minimum absolute atomic E-state index is 0.0351. The van der Waals surface area contributed by atoms with Crippen molar-refractivity contribution in [3.63, 3.8) is 0 Å². The third-order valence-electron chi connectivity index (χ3n) is 5.82. The Morgan fingerprint density at radius 3 is 2.35 bits per heavy atom. The minimum atomic E-state index is -0.485. The van der Waals surface area contributed by atoms with Gasteiger partial charge in [0, 0.05) is 23.7 Å². The van der Waals surface area contributed by atoms with Gasteiger partial charge in [0.1, 0.15) is 6.04 Å². The number of carbonyl (C=O) groups excluding carboxylic acids is 2. The molecule has 31 heavy (non-hydrogen) atoms. The molecule has 1 unspecified atom stereocenters. The molecule has 3 rings (SSSR count). The van der Waals surface area contributed by atoms with E-state index < -0.39 is 6.04 Å². The van der Waals surface area contributed by atoms with E-state index in [2.05, 4.69) is 34.9 Å². The molecule has 0 radical (unpaired) electrons. The van der Waals surface area contributed by atoms with Crippen LogP contribution < -0.4 is 10.6 Å². The van der Waals surface area contributed by atoms with Gasteiger partial charge in [0.05, 0.1) is 0 Å². The second-order valence-electron chi connectivity index (χ2n) is 8.13. The topological polar surface area (TPSA) is 61.4 Å². The lowest BCUT2D eigenvalue weighted by Gasteiger charge is -2.34. The lowest BCUT2D eigenvalue weighted by atomic mass is 9.90. The molecule has 1 saturated heterocycles. The molecule has 6 heteroatoms. The maximum atomic E-state index is 13.1. The number of nitrogens with zero attached hydrogens (tertiary/aromatic N) is 1. The molecule has 0 saturated carbocycles. The molecule has 0 aliphatic carbocycles. The van der Waals surface area contributed by atoms with Crippen LogP contribution in [0.1, 0.15) is 38.2 Å². The van der Waals surface area contributed by atoms with Gasteiger partial charge in [-0.2, -0.15) is 0 Å². The van der Waals surface area contributed by atoms with E-state index in [0.717, 1.165) is 49.4 Å². The highest BCUT2D eigenvalue weighted by atomic mass is 32.2. The van der Waals surface area contributed by atoms with E-state index in [1.165, 1.54) is 5.56 Å². The van der Waals surface area contributed by atoms with Crippen LogP contribution in [0.2, 0.25) is 0 Å². The van der Waals surface area contributed by atoms with Gasteiger partial charge >= 0.3 is 6.03 Å². The van der Waals surface area contributed by atoms with Gasteiger partial charge in [0.15, 0.2) is 0 Å². The van der Waals surface area contributed by atoms with Crippen LogP contribution in [0.5, 0.6) is 0 Å². The van der Waals surface area contributed by atoms with E-state index in [4.69, 9.17) is 0 Å². The average Bonchev–Trinajstić information content (AvgIpc) is 2.80. The first kappa shape index (κ1) is 23.2. The highest BCUT2D eigenvalue weighted by Gasteiger charge is 2.29. The molecule has 0 spiro atoms. The van der Waals surface area contributed by atoms with Gasteiger partial charge in [-0.25, -0.2) is 4.79 Å². The van der Waals surface area contributed by atoms with Crippen molar-refractivity contribution in [2.24, 2.45) is 5.92 Å². The number of likely N-dealkylation sites (tertiary alicyclic amines) is 1. The summed E-state index contributed by atoms with van der Waals surface area (Å²) in [6, 6.07) is 17.4. The number of urea groups is 1. The van der Waals surface area contributed by atoms with Crippen molar-refractivity contribution in [3.05, 3.63) is 60.2 Å². The Balaban J connectivity index is 1.50. The summed E-state index contributed by atoms with van der Waals surface area (Å²) >= 11 is 1.66. The first-order chi connectivity index (χ1) is 15.1. The Morgan fingerprint density at radius 2 is 1.74 bits per heavy atom. The maximum absolute atomic E-state index is 13.1. The summed E-state index contributed by atoms with van der Waals surface area (Å²) in [5.41, 5.74) is 2.08. The molecular formula is C25H33N3O2S. The van der Waals surface area contributed by atoms with Crippen LogP contribution in [0.3, 0.4) is 0 Å². The highest BCUT2D eigenvalue weighted by Crippen LogP contribution is 2.23. The Kier molecular flexibility index (Phi) is 8.83. The van der Waals surface area contributed by atoms with Crippen LogP contribution in [0.15, 0.2) is 59.5 Å². The number of rotatable bonds is 8. The first-order valence-electron chi connectivity index (χ1n) is 11.1.